The molecule has 2 nitrogen and oxygen atoms in total. The maximum Gasteiger partial charge on any atom is 0.0916 e. The highest BCUT2D eigenvalue weighted by atomic mass is 35.5. The van der Waals surface area contributed by atoms with Gasteiger partial charge in [0, 0.05) is 23.2 Å². The van der Waals surface area contributed by atoms with Crippen LogP contribution in [0, 0.1) is 0 Å². The average molecular weight is 297 g/mol. The standard InChI is InChI=1S/C18H17ClN2/c1-2-11-20-17-12-16(13-7-4-3-5-8-13)21-18-14(17)9-6-10-15(18)19/h3-10,12H,2,11H2,1H3,(H,20,21). The van der Waals surface area contributed by atoms with E-state index in [4.69, 9.17) is 16.6 Å². The Labute approximate surface area is 129 Å². The predicted octanol–water partition coefficient (Wildman–Crippen LogP) is 5.38. The summed E-state index contributed by atoms with van der Waals surface area (Å²) < 4.78 is 0. The number of nitrogens with one attached hydrogen (secondary N) is 1. The number of nitrogens with zero attached hydrogens (tertiary/aromatic N) is 1. The van der Waals surface area contributed by atoms with E-state index in [1.165, 1.54) is 0 Å². The third-order valence-corrected chi connectivity index (χ3v) is 3.73. The van der Waals surface area contributed by atoms with E-state index in [0.29, 0.717) is 5.02 Å². The van der Waals surface area contributed by atoms with Gasteiger partial charge >= 0.3 is 0 Å². The number of hydrogen-bond donors (Lipinski definition) is 1. The lowest BCUT2D eigenvalue weighted by Crippen LogP contribution is -2.01. The summed E-state index contributed by atoms with van der Waals surface area (Å²) in [5.41, 5.74) is 3.97. The smallest absolute Gasteiger partial charge is 0.0916 e. The largest absolute Gasteiger partial charge is 0.384 e. The minimum Gasteiger partial charge on any atom is -0.384 e. The highest BCUT2D eigenvalue weighted by Gasteiger charge is 2.09. The van der Waals surface area contributed by atoms with E-state index < -0.39 is 0 Å². The SMILES string of the molecule is CCCNc1cc(-c2ccccc2)nc2c(Cl)cccc12. The summed E-state index contributed by atoms with van der Waals surface area (Å²) in [4.78, 5) is 4.74. The Morgan fingerprint density at radius 1 is 1.05 bits per heavy atom. The van der Waals surface area contributed by atoms with Crippen LogP contribution in [0.2, 0.25) is 5.02 Å². The normalized spacial score (nSPS) is 10.8. The summed E-state index contributed by atoms with van der Waals surface area (Å²) in [6.45, 7) is 3.08. The Morgan fingerprint density at radius 2 is 1.86 bits per heavy atom. The number of benzene rings is 2. The van der Waals surface area contributed by atoms with Crippen LogP contribution in [0.15, 0.2) is 54.6 Å². The second-order valence-electron chi connectivity index (χ2n) is 4.98. The molecule has 1 aromatic heterocycles. The van der Waals surface area contributed by atoms with Gasteiger partial charge in [-0.15, -0.1) is 0 Å². The lowest BCUT2D eigenvalue weighted by molar-refractivity contribution is 0.981. The summed E-state index contributed by atoms with van der Waals surface area (Å²) >= 11 is 6.33. The van der Waals surface area contributed by atoms with Gasteiger partial charge in [-0.3, -0.25) is 0 Å². The Kier molecular flexibility index (Phi) is 4.07. The van der Waals surface area contributed by atoms with E-state index in [0.717, 1.165) is 40.8 Å². The van der Waals surface area contributed by atoms with E-state index >= 15 is 0 Å². The molecule has 3 aromatic rings. The number of anilines is 1. The van der Waals surface area contributed by atoms with Crippen molar-refractivity contribution >= 4 is 28.2 Å². The van der Waals surface area contributed by atoms with E-state index in [1.807, 2.05) is 30.3 Å². The van der Waals surface area contributed by atoms with Crippen LogP contribution in [0.1, 0.15) is 13.3 Å². The summed E-state index contributed by atoms with van der Waals surface area (Å²) in [7, 11) is 0. The molecule has 0 aliphatic rings. The fourth-order valence-corrected chi connectivity index (χ4v) is 2.59. The van der Waals surface area contributed by atoms with Crippen molar-refractivity contribution in [3.63, 3.8) is 0 Å². The summed E-state index contributed by atoms with van der Waals surface area (Å²) in [5.74, 6) is 0. The van der Waals surface area contributed by atoms with E-state index in [1.54, 1.807) is 0 Å². The molecule has 0 saturated carbocycles. The second-order valence-corrected chi connectivity index (χ2v) is 5.39. The number of para-hydroxylation sites is 1. The molecule has 0 aliphatic carbocycles. The van der Waals surface area contributed by atoms with Gasteiger partial charge in [0.15, 0.2) is 0 Å². The van der Waals surface area contributed by atoms with Gasteiger partial charge < -0.3 is 5.32 Å². The number of aromatic nitrogens is 1. The van der Waals surface area contributed by atoms with Gasteiger partial charge in [0.05, 0.1) is 16.2 Å². The monoisotopic (exact) mass is 296 g/mol. The minimum atomic E-state index is 0.685. The van der Waals surface area contributed by atoms with Crippen LogP contribution in [0.5, 0.6) is 0 Å². The first kappa shape index (κ1) is 13.9. The molecule has 0 saturated heterocycles. The molecule has 1 heterocycles. The van der Waals surface area contributed by atoms with Gasteiger partial charge in [-0.1, -0.05) is 61.0 Å². The minimum absolute atomic E-state index is 0.685. The molecular formula is C18H17ClN2. The number of halogens is 1. The van der Waals surface area contributed by atoms with Gasteiger partial charge in [0.1, 0.15) is 0 Å². The van der Waals surface area contributed by atoms with Crippen LogP contribution in [0.3, 0.4) is 0 Å². The highest BCUT2D eigenvalue weighted by Crippen LogP contribution is 2.31. The Bertz CT molecular complexity index is 754. The molecular weight excluding hydrogens is 280 g/mol. The van der Waals surface area contributed by atoms with E-state index in [-0.39, 0.29) is 0 Å². The van der Waals surface area contributed by atoms with Gasteiger partial charge in [0.25, 0.3) is 0 Å². The first-order chi connectivity index (χ1) is 10.3. The summed E-state index contributed by atoms with van der Waals surface area (Å²) in [5, 5.41) is 5.23. The van der Waals surface area contributed by atoms with E-state index in [9.17, 15) is 0 Å². The maximum absolute atomic E-state index is 6.33. The Hall–Kier alpha value is -2.06. The first-order valence-electron chi connectivity index (χ1n) is 7.18. The molecule has 3 rings (SSSR count). The van der Waals surface area contributed by atoms with Crippen molar-refractivity contribution in [2.24, 2.45) is 0 Å². The van der Waals surface area contributed by atoms with Crippen LogP contribution in [0.25, 0.3) is 22.2 Å². The molecule has 0 radical (unpaired) electrons. The second kappa shape index (κ2) is 6.15. The van der Waals surface area contributed by atoms with Crippen molar-refractivity contribution in [3.05, 3.63) is 59.6 Å². The molecule has 0 amide bonds. The number of pyridine rings is 1. The van der Waals surface area contributed by atoms with Crippen LogP contribution in [-0.2, 0) is 0 Å². The van der Waals surface area contributed by atoms with Gasteiger partial charge in [0.2, 0.25) is 0 Å². The lowest BCUT2D eigenvalue weighted by atomic mass is 10.1. The molecule has 21 heavy (non-hydrogen) atoms. The topological polar surface area (TPSA) is 24.9 Å². The zero-order chi connectivity index (χ0) is 14.7. The molecule has 0 unspecified atom stereocenters. The van der Waals surface area contributed by atoms with Crippen LogP contribution in [0.4, 0.5) is 5.69 Å². The summed E-state index contributed by atoms with van der Waals surface area (Å²) in [6.07, 6.45) is 1.07. The van der Waals surface area contributed by atoms with Crippen molar-refractivity contribution in [2.75, 3.05) is 11.9 Å². The first-order valence-corrected chi connectivity index (χ1v) is 7.56. The molecule has 0 aliphatic heterocycles. The molecule has 0 atom stereocenters. The third-order valence-electron chi connectivity index (χ3n) is 3.43. The van der Waals surface area contributed by atoms with Gasteiger partial charge in [-0.25, -0.2) is 4.98 Å². The van der Waals surface area contributed by atoms with E-state index in [2.05, 4.69) is 36.5 Å². The molecule has 1 N–H and O–H groups in total. The van der Waals surface area contributed by atoms with Crippen molar-refractivity contribution < 1.29 is 0 Å². The van der Waals surface area contributed by atoms with Gasteiger partial charge in [-0.2, -0.15) is 0 Å². The van der Waals surface area contributed by atoms with Crippen LogP contribution >= 0.6 is 11.6 Å². The molecule has 3 heteroatoms. The molecule has 0 fully saturated rings. The van der Waals surface area contributed by atoms with Crippen molar-refractivity contribution in [3.8, 4) is 11.3 Å². The fraction of sp³-hybridized carbons (Fsp3) is 0.167. The zero-order valence-electron chi connectivity index (χ0n) is 11.9. The van der Waals surface area contributed by atoms with Crippen molar-refractivity contribution in [2.45, 2.75) is 13.3 Å². The summed E-state index contributed by atoms with van der Waals surface area (Å²) in [6, 6.07) is 18.2. The van der Waals surface area contributed by atoms with Crippen LogP contribution in [-0.4, -0.2) is 11.5 Å². The average Bonchev–Trinajstić information content (AvgIpc) is 2.54. The third kappa shape index (κ3) is 2.86. The zero-order valence-corrected chi connectivity index (χ0v) is 12.7. The quantitative estimate of drug-likeness (QED) is 0.699. The number of fused-ring (bicyclic) bond motifs is 1. The fourth-order valence-electron chi connectivity index (χ4n) is 2.38. The predicted molar refractivity (Wildman–Crippen MR) is 91.0 cm³/mol. The molecule has 0 bridgehead atoms. The maximum atomic E-state index is 6.33. The molecule has 0 spiro atoms. The lowest BCUT2D eigenvalue weighted by Gasteiger charge is -2.12. The number of hydrogen-bond acceptors (Lipinski definition) is 2. The molecule has 2 aromatic carbocycles. The Balaban J connectivity index is 2.20. The van der Waals surface area contributed by atoms with Crippen molar-refractivity contribution in [1.29, 1.82) is 0 Å². The number of rotatable bonds is 4. The molecule has 106 valence electrons. The van der Waals surface area contributed by atoms with Crippen LogP contribution < -0.4 is 5.32 Å². The van der Waals surface area contributed by atoms with Gasteiger partial charge in [-0.05, 0) is 18.6 Å². The van der Waals surface area contributed by atoms with Crippen molar-refractivity contribution in [1.82, 2.24) is 4.98 Å². The Morgan fingerprint density at radius 3 is 2.62 bits per heavy atom. The highest BCUT2D eigenvalue weighted by molar-refractivity contribution is 6.35.